The highest BCUT2D eigenvalue weighted by molar-refractivity contribution is 9.10. The fourth-order valence-electron chi connectivity index (χ4n) is 1.33. The molecule has 2 heterocycles. The first-order valence-corrected chi connectivity index (χ1v) is 5.50. The van der Waals surface area contributed by atoms with Crippen LogP contribution in [0.5, 0.6) is 0 Å². The van der Waals surface area contributed by atoms with E-state index >= 15 is 0 Å². The smallest absolute Gasteiger partial charge is 0.358 e. The average molecular weight is 301 g/mol. The Balaban J connectivity index is 2.28. The van der Waals surface area contributed by atoms with Crippen molar-refractivity contribution in [2.45, 2.75) is 13.5 Å². The lowest BCUT2D eigenvalue weighted by Crippen LogP contribution is -2.07. The number of aromatic nitrogens is 5. The number of halogens is 1. The molecular formula is C8H9BrN6O2. The van der Waals surface area contributed by atoms with Crippen LogP contribution in [0.2, 0.25) is 0 Å². The van der Waals surface area contributed by atoms with Crippen LogP contribution < -0.4 is 0 Å². The Hall–Kier alpha value is -1.77. The van der Waals surface area contributed by atoms with Crippen molar-refractivity contribution in [1.29, 1.82) is 0 Å². The van der Waals surface area contributed by atoms with E-state index in [0.29, 0.717) is 16.8 Å². The summed E-state index contributed by atoms with van der Waals surface area (Å²) in [6.07, 6.45) is 1.54. The maximum absolute atomic E-state index is 10.6. The summed E-state index contributed by atoms with van der Waals surface area (Å²) in [5, 5.41) is 22.3. The molecule has 0 radical (unpaired) electrons. The molecule has 8 nitrogen and oxygen atoms in total. The standard InChI is InChI=1S/C8H9BrN6O2/c1-5-10-11-7(13(5)2)4-14-3-6(9)8(12-14)15(16)17/h3H,4H2,1-2H3. The predicted octanol–water partition coefficient (Wildman–Crippen LogP) is 1.04. The summed E-state index contributed by atoms with van der Waals surface area (Å²) < 4.78 is 3.61. The van der Waals surface area contributed by atoms with E-state index in [1.54, 1.807) is 10.8 Å². The number of rotatable bonds is 3. The van der Waals surface area contributed by atoms with E-state index in [1.165, 1.54) is 4.68 Å². The van der Waals surface area contributed by atoms with E-state index in [1.807, 2.05) is 14.0 Å². The topological polar surface area (TPSA) is 91.7 Å². The highest BCUT2D eigenvalue weighted by atomic mass is 79.9. The molecule has 0 N–H and O–H groups in total. The summed E-state index contributed by atoms with van der Waals surface area (Å²) in [6, 6.07) is 0. The highest BCUT2D eigenvalue weighted by Crippen LogP contribution is 2.22. The minimum Gasteiger partial charge on any atom is -0.358 e. The van der Waals surface area contributed by atoms with Crippen molar-refractivity contribution in [2.75, 3.05) is 0 Å². The van der Waals surface area contributed by atoms with Gasteiger partial charge >= 0.3 is 5.82 Å². The Kier molecular flexibility index (Phi) is 2.92. The molecule has 0 amide bonds. The van der Waals surface area contributed by atoms with Gasteiger partial charge in [-0.3, -0.25) is 0 Å². The van der Waals surface area contributed by atoms with Crippen LogP contribution in [-0.2, 0) is 13.6 Å². The van der Waals surface area contributed by atoms with Crippen LogP contribution in [0.15, 0.2) is 10.7 Å². The van der Waals surface area contributed by atoms with Gasteiger partial charge in [-0.05, 0) is 27.8 Å². The minimum absolute atomic E-state index is 0.205. The molecule has 17 heavy (non-hydrogen) atoms. The normalized spacial score (nSPS) is 10.8. The lowest BCUT2D eigenvalue weighted by atomic mass is 10.5. The SMILES string of the molecule is Cc1nnc(Cn2cc(Br)c([N+](=O)[O-])n2)n1C. The molecule has 0 saturated carbocycles. The molecule has 0 unspecified atom stereocenters. The third-order valence-corrected chi connectivity index (χ3v) is 2.92. The second kappa shape index (κ2) is 4.24. The van der Waals surface area contributed by atoms with Crippen molar-refractivity contribution >= 4 is 21.7 Å². The van der Waals surface area contributed by atoms with Gasteiger partial charge in [-0.25, -0.2) is 0 Å². The van der Waals surface area contributed by atoms with Crippen LogP contribution in [0.4, 0.5) is 5.82 Å². The molecule has 2 rings (SSSR count). The predicted molar refractivity (Wildman–Crippen MR) is 61.4 cm³/mol. The molecule has 0 spiro atoms. The van der Waals surface area contributed by atoms with Gasteiger partial charge in [-0.15, -0.1) is 10.2 Å². The molecule has 0 saturated heterocycles. The number of aryl methyl sites for hydroxylation is 1. The van der Waals surface area contributed by atoms with Crippen molar-refractivity contribution in [3.05, 3.63) is 32.4 Å². The number of nitrogens with zero attached hydrogens (tertiary/aromatic N) is 6. The van der Waals surface area contributed by atoms with E-state index in [4.69, 9.17) is 0 Å². The molecule has 0 aliphatic heterocycles. The zero-order chi connectivity index (χ0) is 12.6. The first-order valence-electron chi connectivity index (χ1n) is 4.71. The van der Waals surface area contributed by atoms with E-state index in [9.17, 15) is 10.1 Å². The van der Waals surface area contributed by atoms with Crippen LogP contribution in [0, 0.1) is 17.0 Å². The maximum Gasteiger partial charge on any atom is 0.404 e. The molecule has 9 heteroatoms. The molecule has 0 aliphatic carbocycles. The molecule has 0 fully saturated rings. The van der Waals surface area contributed by atoms with E-state index in [2.05, 4.69) is 31.2 Å². The second-order valence-electron chi connectivity index (χ2n) is 3.48. The van der Waals surface area contributed by atoms with Crippen molar-refractivity contribution in [2.24, 2.45) is 7.05 Å². The average Bonchev–Trinajstić information content (AvgIpc) is 2.76. The zero-order valence-corrected chi connectivity index (χ0v) is 10.7. The number of hydrogen-bond donors (Lipinski definition) is 0. The van der Waals surface area contributed by atoms with Crippen LogP contribution >= 0.6 is 15.9 Å². The summed E-state index contributed by atoms with van der Waals surface area (Å²) >= 11 is 3.09. The fraction of sp³-hybridized carbons (Fsp3) is 0.375. The van der Waals surface area contributed by atoms with Gasteiger partial charge in [0.1, 0.15) is 16.8 Å². The monoisotopic (exact) mass is 300 g/mol. The van der Waals surface area contributed by atoms with Gasteiger partial charge in [0.15, 0.2) is 5.82 Å². The molecule has 0 bridgehead atoms. The Labute approximate surface area is 105 Å². The van der Waals surface area contributed by atoms with Crippen LogP contribution in [-0.4, -0.2) is 29.5 Å². The molecule has 2 aromatic rings. The van der Waals surface area contributed by atoms with Gasteiger partial charge in [-0.2, -0.15) is 4.68 Å². The third-order valence-electron chi connectivity index (χ3n) is 2.36. The van der Waals surface area contributed by atoms with Crippen molar-refractivity contribution in [3.8, 4) is 0 Å². The molecule has 0 aromatic carbocycles. The minimum atomic E-state index is -0.539. The lowest BCUT2D eigenvalue weighted by molar-refractivity contribution is -0.390. The fourth-order valence-corrected chi connectivity index (χ4v) is 1.79. The van der Waals surface area contributed by atoms with Crippen LogP contribution in [0.1, 0.15) is 11.6 Å². The van der Waals surface area contributed by atoms with E-state index < -0.39 is 4.92 Å². The second-order valence-corrected chi connectivity index (χ2v) is 4.33. The van der Waals surface area contributed by atoms with Crippen LogP contribution in [0.25, 0.3) is 0 Å². The van der Waals surface area contributed by atoms with Gasteiger partial charge in [0, 0.05) is 7.05 Å². The highest BCUT2D eigenvalue weighted by Gasteiger charge is 2.19. The van der Waals surface area contributed by atoms with Gasteiger partial charge < -0.3 is 14.7 Å². The quantitative estimate of drug-likeness (QED) is 0.624. The first-order chi connectivity index (χ1) is 7.99. The molecular weight excluding hydrogens is 292 g/mol. The largest absolute Gasteiger partial charge is 0.404 e. The van der Waals surface area contributed by atoms with E-state index in [-0.39, 0.29) is 5.82 Å². The summed E-state index contributed by atoms with van der Waals surface area (Å²) in [5.74, 6) is 1.26. The summed E-state index contributed by atoms with van der Waals surface area (Å²) in [4.78, 5) is 10.1. The Bertz CT molecular complexity index is 575. The third kappa shape index (κ3) is 2.18. The van der Waals surface area contributed by atoms with Crippen LogP contribution in [0.3, 0.4) is 0 Å². The Morgan fingerprint density at radius 3 is 2.71 bits per heavy atom. The zero-order valence-electron chi connectivity index (χ0n) is 9.16. The number of nitro groups is 1. The maximum atomic E-state index is 10.6. The number of hydrogen-bond acceptors (Lipinski definition) is 5. The summed E-state index contributed by atoms with van der Waals surface area (Å²) in [7, 11) is 1.83. The molecule has 90 valence electrons. The van der Waals surface area contributed by atoms with Gasteiger partial charge in [-0.1, -0.05) is 0 Å². The van der Waals surface area contributed by atoms with Gasteiger partial charge in [0.2, 0.25) is 0 Å². The van der Waals surface area contributed by atoms with Gasteiger partial charge in [0.25, 0.3) is 0 Å². The lowest BCUT2D eigenvalue weighted by Gasteiger charge is -1.98. The summed E-state index contributed by atoms with van der Waals surface area (Å²) in [5.41, 5.74) is 0. The van der Waals surface area contributed by atoms with Crippen molar-refractivity contribution < 1.29 is 4.92 Å². The Morgan fingerprint density at radius 1 is 1.53 bits per heavy atom. The summed E-state index contributed by atoms with van der Waals surface area (Å²) in [6.45, 7) is 2.17. The first kappa shape index (κ1) is 11.7. The van der Waals surface area contributed by atoms with E-state index in [0.717, 1.165) is 5.82 Å². The molecule has 2 aromatic heterocycles. The van der Waals surface area contributed by atoms with Gasteiger partial charge in [0.05, 0.1) is 11.3 Å². The molecule has 0 atom stereocenters. The van der Waals surface area contributed by atoms with Crippen molar-refractivity contribution in [1.82, 2.24) is 24.5 Å². The van der Waals surface area contributed by atoms with Crippen molar-refractivity contribution in [3.63, 3.8) is 0 Å². The molecule has 0 aliphatic rings. The Morgan fingerprint density at radius 2 is 2.24 bits per heavy atom.